The van der Waals surface area contributed by atoms with Crippen LogP contribution in [0.1, 0.15) is 44.4 Å². The van der Waals surface area contributed by atoms with Crippen LogP contribution >= 0.6 is 0 Å². The van der Waals surface area contributed by atoms with Crippen LogP contribution in [-0.4, -0.2) is 26.5 Å². The highest BCUT2D eigenvalue weighted by Gasteiger charge is 2.22. The molecule has 0 heterocycles. The Kier molecular flexibility index (Phi) is 6.69. The Labute approximate surface area is 123 Å². The van der Waals surface area contributed by atoms with Crippen molar-refractivity contribution in [3.63, 3.8) is 0 Å². The van der Waals surface area contributed by atoms with Crippen molar-refractivity contribution in [2.75, 3.05) is 18.1 Å². The molecule has 0 spiro atoms. The van der Waals surface area contributed by atoms with Crippen LogP contribution in [0.15, 0.2) is 24.3 Å². The maximum absolute atomic E-state index is 12.3. The van der Waals surface area contributed by atoms with Crippen molar-refractivity contribution >= 4 is 9.84 Å². The highest BCUT2D eigenvalue weighted by Crippen LogP contribution is 2.20. The van der Waals surface area contributed by atoms with E-state index < -0.39 is 9.84 Å². The number of benzene rings is 1. The van der Waals surface area contributed by atoms with Gasteiger partial charge in [0, 0.05) is 6.04 Å². The first kappa shape index (κ1) is 17.2. The fraction of sp³-hybridized carbons (Fsp3) is 0.625. The molecule has 0 fully saturated rings. The average Bonchev–Trinajstić information content (AvgIpc) is 2.38. The molecule has 1 aromatic rings. The Morgan fingerprint density at radius 3 is 2.35 bits per heavy atom. The summed E-state index contributed by atoms with van der Waals surface area (Å²) < 4.78 is 24.7. The Bertz CT molecular complexity index is 511. The van der Waals surface area contributed by atoms with E-state index in [2.05, 4.69) is 5.32 Å². The molecule has 1 aromatic carbocycles. The van der Waals surface area contributed by atoms with Gasteiger partial charge in [0.05, 0.1) is 11.5 Å². The van der Waals surface area contributed by atoms with E-state index in [1.165, 1.54) is 0 Å². The minimum atomic E-state index is -3.04. The van der Waals surface area contributed by atoms with Crippen LogP contribution in [0.4, 0.5) is 0 Å². The zero-order chi connectivity index (χ0) is 15.2. The lowest BCUT2D eigenvalue weighted by atomic mass is 10.0. The van der Waals surface area contributed by atoms with Gasteiger partial charge in [-0.1, -0.05) is 51.5 Å². The first-order valence-corrected chi connectivity index (χ1v) is 9.21. The standard InChI is InChI=1S/C16H27NO2S/c1-5-13(3)11-20(18,19)12-16(17-6-2)15-10-8-7-9-14(15)4/h7-10,13,16-17H,5-6,11-12H2,1-4H3. The van der Waals surface area contributed by atoms with Gasteiger partial charge >= 0.3 is 0 Å². The molecule has 0 aliphatic carbocycles. The summed E-state index contributed by atoms with van der Waals surface area (Å²) in [6.07, 6.45) is 0.898. The molecule has 3 nitrogen and oxygen atoms in total. The summed E-state index contributed by atoms with van der Waals surface area (Å²) in [6.45, 7) is 8.82. The summed E-state index contributed by atoms with van der Waals surface area (Å²) in [6, 6.07) is 7.88. The quantitative estimate of drug-likeness (QED) is 0.802. The third kappa shape index (κ3) is 5.25. The second-order valence-corrected chi connectivity index (χ2v) is 7.71. The molecule has 2 unspecified atom stereocenters. The van der Waals surface area contributed by atoms with Gasteiger partial charge in [0.1, 0.15) is 0 Å². The van der Waals surface area contributed by atoms with Gasteiger partial charge in [-0.3, -0.25) is 0 Å². The summed E-state index contributed by atoms with van der Waals surface area (Å²) in [5, 5.41) is 3.31. The van der Waals surface area contributed by atoms with Crippen molar-refractivity contribution in [2.45, 2.75) is 40.2 Å². The fourth-order valence-electron chi connectivity index (χ4n) is 2.36. The largest absolute Gasteiger partial charge is 0.309 e. The molecule has 0 bridgehead atoms. The Morgan fingerprint density at radius 1 is 1.15 bits per heavy atom. The van der Waals surface area contributed by atoms with E-state index in [9.17, 15) is 8.42 Å². The average molecular weight is 297 g/mol. The molecule has 2 atom stereocenters. The first-order valence-electron chi connectivity index (χ1n) is 7.39. The molecule has 114 valence electrons. The molecule has 1 N–H and O–H groups in total. The highest BCUT2D eigenvalue weighted by atomic mass is 32.2. The molecule has 0 amide bonds. The molecular weight excluding hydrogens is 270 g/mol. The van der Waals surface area contributed by atoms with Gasteiger partial charge in [-0.15, -0.1) is 0 Å². The Hall–Kier alpha value is -0.870. The molecule has 0 radical (unpaired) electrons. The summed E-state index contributed by atoms with van der Waals surface area (Å²) in [5.41, 5.74) is 2.22. The molecule has 0 saturated heterocycles. The predicted molar refractivity (Wildman–Crippen MR) is 85.7 cm³/mol. The topological polar surface area (TPSA) is 46.2 Å². The van der Waals surface area contributed by atoms with E-state index in [0.717, 1.165) is 24.1 Å². The summed E-state index contributed by atoms with van der Waals surface area (Å²) >= 11 is 0. The van der Waals surface area contributed by atoms with Crippen molar-refractivity contribution < 1.29 is 8.42 Å². The molecule has 20 heavy (non-hydrogen) atoms. The van der Waals surface area contributed by atoms with E-state index in [1.807, 2.05) is 52.0 Å². The molecule has 0 aliphatic heterocycles. The maximum Gasteiger partial charge on any atom is 0.152 e. The third-order valence-corrected chi connectivity index (χ3v) is 5.59. The zero-order valence-electron chi connectivity index (χ0n) is 13.0. The Balaban J connectivity index is 2.91. The van der Waals surface area contributed by atoms with Crippen molar-refractivity contribution in [1.29, 1.82) is 0 Å². The fourth-order valence-corrected chi connectivity index (χ4v) is 4.40. The molecule has 0 saturated carbocycles. The van der Waals surface area contributed by atoms with Gasteiger partial charge < -0.3 is 5.32 Å². The maximum atomic E-state index is 12.3. The number of hydrogen-bond acceptors (Lipinski definition) is 3. The van der Waals surface area contributed by atoms with Crippen LogP contribution in [-0.2, 0) is 9.84 Å². The van der Waals surface area contributed by atoms with E-state index in [0.29, 0.717) is 0 Å². The van der Waals surface area contributed by atoms with Crippen molar-refractivity contribution in [2.24, 2.45) is 5.92 Å². The Morgan fingerprint density at radius 2 is 1.80 bits per heavy atom. The lowest BCUT2D eigenvalue weighted by Gasteiger charge is -2.21. The second-order valence-electron chi connectivity index (χ2n) is 5.56. The van der Waals surface area contributed by atoms with Crippen LogP contribution < -0.4 is 5.32 Å². The summed E-state index contributed by atoms with van der Waals surface area (Å²) in [5.74, 6) is 0.673. The minimum Gasteiger partial charge on any atom is -0.309 e. The summed E-state index contributed by atoms with van der Waals surface area (Å²) in [4.78, 5) is 0. The lowest BCUT2D eigenvalue weighted by molar-refractivity contribution is 0.540. The second kappa shape index (κ2) is 7.79. The smallest absolute Gasteiger partial charge is 0.152 e. The van der Waals surface area contributed by atoms with Crippen LogP contribution in [0, 0.1) is 12.8 Å². The minimum absolute atomic E-state index is 0.116. The zero-order valence-corrected chi connectivity index (χ0v) is 13.8. The van der Waals surface area contributed by atoms with Crippen molar-refractivity contribution in [3.8, 4) is 0 Å². The predicted octanol–water partition coefficient (Wildman–Crippen LogP) is 3.11. The van der Waals surface area contributed by atoms with Crippen molar-refractivity contribution in [3.05, 3.63) is 35.4 Å². The lowest BCUT2D eigenvalue weighted by Crippen LogP contribution is -2.30. The molecule has 0 aliphatic rings. The number of aryl methyl sites for hydroxylation is 1. The van der Waals surface area contributed by atoms with Gasteiger partial charge in [-0.05, 0) is 30.5 Å². The number of sulfone groups is 1. The molecule has 0 aromatic heterocycles. The van der Waals surface area contributed by atoms with E-state index in [4.69, 9.17) is 0 Å². The van der Waals surface area contributed by atoms with E-state index in [1.54, 1.807) is 0 Å². The SMILES string of the molecule is CCNC(CS(=O)(=O)CC(C)CC)c1ccccc1C. The molecular formula is C16H27NO2S. The van der Waals surface area contributed by atoms with E-state index in [-0.39, 0.29) is 23.5 Å². The molecule has 4 heteroatoms. The van der Waals surface area contributed by atoms with Crippen LogP contribution in [0.5, 0.6) is 0 Å². The number of nitrogens with one attached hydrogen (secondary N) is 1. The van der Waals surface area contributed by atoms with Gasteiger partial charge in [-0.25, -0.2) is 8.42 Å². The number of rotatable bonds is 8. The summed E-state index contributed by atoms with van der Waals surface area (Å²) in [7, 11) is -3.04. The van der Waals surface area contributed by atoms with Gasteiger partial charge in [-0.2, -0.15) is 0 Å². The molecule has 1 rings (SSSR count). The van der Waals surface area contributed by atoms with Gasteiger partial charge in [0.2, 0.25) is 0 Å². The monoisotopic (exact) mass is 297 g/mol. The van der Waals surface area contributed by atoms with Crippen LogP contribution in [0.25, 0.3) is 0 Å². The highest BCUT2D eigenvalue weighted by molar-refractivity contribution is 7.91. The number of hydrogen-bond donors (Lipinski definition) is 1. The van der Waals surface area contributed by atoms with E-state index >= 15 is 0 Å². The first-order chi connectivity index (χ1) is 9.39. The van der Waals surface area contributed by atoms with Gasteiger partial charge in [0.15, 0.2) is 9.84 Å². The van der Waals surface area contributed by atoms with Crippen LogP contribution in [0.3, 0.4) is 0 Å². The third-order valence-electron chi connectivity index (χ3n) is 3.67. The normalized spacial score (nSPS) is 15.0. The van der Waals surface area contributed by atoms with Crippen LogP contribution in [0.2, 0.25) is 0 Å². The van der Waals surface area contributed by atoms with Gasteiger partial charge in [0.25, 0.3) is 0 Å². The van der Waals surface area contributed by atoms with Crippen molar-refractivity contribution in [1.82, 2.24) is 5.32 Å².